The van der Waals surface area contributed by atoms with Crippen LogP contribution in [0.4, 0.5) is 0 Å². The van der Waals surface area contributed by atoms with Crippen LogP contribution in [0.3, 0.4) is 0 Å². The van der Waals surface area contributed by atoms with Gasteiger partial charge in [-0.2, -0.15) is 0 Å². The average molecular weight is 406 g/mol. The number of halogens is 2. The van der Waals surface area contributed by atoms with Crippen molar-refractivity contribution in [1.29, 1.82) is 0 Å². The third-order valence-electron chi connectivity index (χ3n) is 3.45. The molecule has 0 N–H and O–H groups in total. The molecule has 0 fully saturated rings. The Morgan fingerprint density at radius 2 is 1.81 bits per heavy atom. The quantitative estimate of drug-likeness (QED) is 0.568. The van der Waals surface area contributed by atoms with Gasteiger partial charge in [0, 0.05) is 10.0 Å². The lowest BCUT2D eigenvalue weighted by molar-refractivity contribution is 0.263. The molecule has 0 amide bonds. The minimum absolute atomic E-state index is 0.118. The molecule has 2 aromatic rings. The molecule has 106 valence electrons. The van der Waals surface area contributed by atoms with Crippen molar-refractivity contribution >= 4 is 37.6 Å². The van der Waals surface area contributed by atoms with Crippen molar-refractivity contribution in [2.24, 2.45) is 0 Å². The van der Waals surface area contributed by atoms with E-state index >= 15 is 0 Å². The normalized spacial score (nSPS) is 17.1. The summed E-state index contributed by atoms with van der Waals surface area (Å²) in [6.07, 6.45) is 2.01. The van der Waals surface area contributed by atoms with Gasteiger partial charge in [-0.15, -0.1) is 0 Å². The molecule has 0 bridgehead atoms. The van der Waals surface area contributed by atoms with Gasteiger partial charge in [0.2, 0.25) is 0 Å². The van der Waals surface area contributed by atoms with Crippen molar-refractivity contribution < 1.29 is 4.74 Å². The Bertz CT molecular complexity index is 704. The van der Waals surface area contributed by atoms with Gasteiger partial charge in [0.25, 0.3) is 0 Å². The number of rotatable bonds is 3. The van der Waals surface area contributed by atoms with E-state index in [-0.39, 0.29) is 4.83 Å². The number of allylic oxidation sites excluding steroid dienone is 2. The van der Waals surface area contributed by atoms with Crippen LogP contribution in [0, 0.1) is 0 Å². The molecule has 1 atom stereocenters. The summed E-state index contributed by atoms with van der Waals surface area (Å²) in [5.41, 5.74) is 4.43. The van der Waals surface area contributed by atoms with Crippen LogP contribution in [0.5, 0.6) is 0 Å². The van der Waals surface area contributed by atoms with Gasteiger partial charge in [0.15, 0.2) is 0 Å². The van der Waals surface area contributed by atoms with Crippen LogP contribution in [-0.2, 0) is 11.3 Å². The highest BCUT2D eigenvalue weighted by molar-refractivity contribution is 9.11. The molecule has 0 radical (unpaired) electrons. The molecule has 3 heteroatoms. The van der Waals surface area contributed by atoms with Crippen LogP contribution in [0.15, 0.2) is 71.2 Å². The Labute approximate surface area is 141 Å². The van der Waals surface area contributed by atoms with Gasteiger partial charge in [-0.05, 0) is 28.8 Å². The summed E-state index contributed by atoms with van der Waals surface area (Å²) in [7, 11) is 0. The van der Waals surface area contributed by atoms with E-state index < -0.39 is 0 Å². The van der Waals surface area contributed by atoms with E-state index in [9.17, 15) is 0 Å². The number of alkyl halides is 1. The van der Waals surface area contributed by atoms with Gasteiger partial charge in [0.05, 0.1) is 4.83 Å². The molecule has 1 unspecified atom stereocenters. The van der Waals surface area contributed by atoms with E-state index in [0.717, 1.165) is 26.9 Å². The second-order valence-corrected chi connectivity index (χ2v) is 6.69. The predicted octanol–water partition coefficient (Wildman–Crippen LogP) is 6.01. The third kappa shape index (κ3) is 2.99. The molecular weight excluding hydrogens is 392 g/mol. The van der Waals surface area contributed by atoms with Gasteiger partial charge in [-0.3, -0.25) is 0 Å². The largest absolute Gasteiger partial charge is 0.488 e. The summed E-state index contributed by atoms with van der Waals surface area (Å²) in [6, 6.07) is 16.3. The van der Waals surface area contributed by atoms with Crippen LogP contribution in [0.1, 0.15) is 21.5 Å². The maximum absolute atomic E-state index is 6.03. The van der Waals surface area contributed by atoms with E-state index in [2.05, 4.69) is 56.6 Å². The summed E-state index contributed by atoms with van der Waals surface area (Å²) >= 11 is 7.32. The van der Waals surface area contributed by atoms with Crippen LogP contribution in [0.2, 0.25) is 0 Å². The van der Waals surface area contributed by atoms with Gasteiger partial charge in [-0.25, -0.2) is 0 Å². The molecule has 2 aromatic carbocycles. The van der Waals surface area contributed by atoms with E-state index in [0.29, 0.717) is 6.61 Å². The minimum Gasteiger partial charge on any atom is -0.488 e. The first-order valence-corrected chi connectivity index (χ1v) is 8.38. The molecule has 21 heavy (non-hydrogen) atoms. The van der Waals surface area contributed by atoms with Crippen molar-refractivity contribution in [1.82, 2.24) is 0 Å². The van der Waals surface area contributed by atoms with Crippen molar-refractivity contribution in [3.8, 4) is 0 Å². The number of benzene rings is 2. The van der Waals surface area contributed by atoms with Crippen LogP contribution in [-0.4, -0.2) is 0 Å². The lowest BCUT2D eigenvalue weighted by atomic mass is 9.93. The molecule has 1 aliphatic carbocycles. The first-order valence-electron chi connectivity index (χ1n) is 6.67. The molecule has 1 nitrogen and oxygen atoms in total. The Kier molecular flexibility index (Phi) is 4.32. The Balaban J connectivity index is 1.91. The summed E-state index contributed by atoms with van der Waals surface area (Å²) in [4.78, 5) is 0.118. The molecule has 0 aromatic heterocycles. The Morgan fingerprint density at radius 1 is 1.05 bits per heavy atom. The summed E-state index contributed by atoms with van der Waals surface area (Å²) in [5.74, 6) is 0.871. The lowest BCUT2D eigenvalue weighted by Crippen LogP contribution is -2.07. The molecule has 0 aliphatic heterocycles. The molecule has 3 rings (SSSR count). The van der Waals surface area contributed by atoms with Crippen molar-refractivity contribution in [3.05, 3.63) is 87.9 Å². The number of fused-ring (bicyclic) bond motifs is 1. The van der Waals surface area contributed by atoms with E-state index in [1.165, 1.54) is 5.56 Å². The zero-order valence-corrected chi connectivity index (χ0v) is 14.5. The molecular formula is C18H14Br2O. The first kappa shape index (κ1) is 14.6. The smallest absolute Gasteiger partial charge is 0.127 e. The highest BCUT2D eigenvalue weighted by Gasteiger charge is 2.25. The van der Waals surface area contributed by atoms with Gasteiger partial charge < -0.3 is 4.74 Å². The summed E-state index contributed by atoms with van der Waals surface area (Å²) in [6.45, 7) is 4.67. The topological polar surface area (TPSA) is 9.23 Å². The summed E-state index contributed by atoms with van der Waals surface area (Å²) < 4.78 is 7.09. The molecule has 0 spiro atoms. The second-order valence-electron chi connectivity index (χ2n) is 4.92. The third-order valence-corrected chi connectivity index (χ3v) is 5.19. The second kappa shape index (κ2) is 6.20. The fourth-order valence-electron chi connectivity index (χ4n) is 2.37. The van der Waals surface area contributed by atoms with E-state index in [1.807, 2.05) is 36.4 Å². The fourth-order valence-corrected chi connectivity index (χ4v) is 3.90. The number of hydrogen-bond donors (Lipinski definition) is 0. The SMILES string of the molecule is C=C1C=C(OCc2ccccc2)c2cccc(Br)c2C1Br. The van der Waals surface area contributed by atoms with Crippen LogP contribution < -0.4 is 0 Å². The number of ether oxygens (including phenoxy) is 1. The van der Waals surface area contributed by atoms with E-state index in [4.69, 9.17) is 4.74 Å². The maximum atomic E-state index is 6.03. The van der Waals surface area contributed by atoms with Crippen molar-refractivity contribution in [2.45, 2.75) is 11.4 Å². The first-order chi connectivity index (χ1) is 10.2. The molecule has 0 heterocycles. The highest BCUT2D eigenvalue weighted by atomic mass is 79.9. The van der Waals surface area contributed by atoms with Crippen LogP contribution >= 0.6 is 31.9 Å². The zero-order chi connectivity index (χ0) is 14.8. The minimum atomic E-state index is 0.118. The number of hydrogen-bond acceptors (Lipinski definition) is 1. The standard InChI is InChI=1S/C18H14Br2O/c1-12-10-16(21-11-13-6-3-2-4-7-13)14-8-5-9-15(19)17(14)18(12)20/h2-10,18H,1,11H2. The predicted molar refractivity (Wildman–Crippen MR) is 94.2 cm³/mol. The molecule has 1 aliphatic rings. The lowest BCUT2D eigenvalue weighted by Gasteiger charge is -2.25. The van der Waals surface area contributed by atoms with Crippen molar-refractivity contribution in [3.63, 3.8) is 0 Å². The Hall–Kier alpha value is -1.32. The maximum Gasteiger partial charge on any atom is 0.127 e. The van der Waals surface area contributed by atoms with Gasteiger partial charge in [0.1, 0.15) is 12.4 Å². The van der Waals surface area contributed by atoms with E-state index in [1.54, 1.807) is 0 Å². The van der Waals surface area contributed by atoms with Crippen LogP contribution in [0.25, 0.3) is 5.76 Å². The Morgan fingerprint density at radius 3 is 2.57 bits per heavy atom. The highest BCUT2D eigenvalue weighted by Crippen LogP contribution is 2.44. The zero-order valence-electron chi connectivity index (χ0n) is 11.4. The summed E-state index contributed by atoms with van der Waals surface area (Å²) in [5, 5.41) is 0. The fraction of sp³-hybridized carbons (Fsp3) is 0.111. The monoisotopic (exact) mass is 404 g/mol. The molecule has 0 saturated carbocycles. The van der Waals surface area contributed by atoms with Crippen molar-refractivity contribution in [2.75, 3.05) is 0 Å². The average Bonchev–Trinajstić information content (AvgIpc) is 2.50. The van der Waals surface area contributed by atoms with Gasteiger partial charge >= 0.3 is 0 Å². The molecule has 0 saturated heterocycles. The van der Waals surface area contributed by atoms with Gasteiger partial charge in [-0.1, -0.05) is 80.9 Å².